The lowest BCUT2D eigenvalue weighted by Gasteiger charge is -2.35. The van der Waals surface area contributed by atoms with E-state index in [0.29, 0.717) is 29.9 Å². The Morgan fingerprint density at radius 2 is 1.70 bits per heavy atom. The molecular formula is C24H32N4O2. The number of nitrogens with zero attached hydrogens (tertiary/aromatic N) is 2. The van der Waals surface area contributed by atoms with Crippen LogP contribution in [0.25, 0.3) is 0 Å². The number of aryl methyl sites for hydroxylation is 1. The second kappa shape index (κ2) is 8.88. The average Bonchev–Trinajstić information content (AvgIpc) is 2.69. The zero-order valence-electron chi connectivity index (χ0n) is 18.4. The molecule has 6 heteroatoms. The number of amides is 2. The molecule has 2 aromatic carbocycles. The minimum atomic E-state index is -0.265. The number of hydrogen-bond acceptors (Lipinski definition) is 4. The van der Waals surface area contributed by atoms with Gasteiger partial charge in [0.05, 0.1) is 0 Å². The second-order valence-electron chi connectivity index (χ2n) is 9.04. The van der Waals surface area contributed by atoms with Crippen LogP contribution in [0.2, 0.25) is 0 Å². The summed E-state index contributed by atoms with van der Waals surface area (Å²) in [6, 6.07) is 13.2. The summed E-state index contributed by atoms with van der Waals surface area (Å²) in [7, 11) is 0. The van der Waals surface area contributed by atoms with Crippen molar-refractivity contribution in [3.63, 3.8) is 0 Å². The lowest BCUT2D eigenvalue weighted by atomic mass is 10.1. The van der Waals surface area contributed by atoms with E-state index in [4.69, 9.17) is 5.73 Å². The molecule has 1 fully saturated rings. The fraction of sp³-hybridized carbons (Fsp3) is 0.417. The molecule has 0 aromatic heterocycles. The molecule has 1 aliphatic rings. The third-order valence-electron chi connectivity index (χ3n) is 5.26. The van der Waals surface area contributed by atoms with E-state index in [-0.39, 0.29) is 17.4 Å². The quantitative estimate of drug-likeness (QED) is 0.762. The molecule has 0 saturated carbocycles. The summed E-state index contributed by atoms with van der Waals surface area (Å²) in [6.45, 7) is 11.6. The summed E-state index contributed by atoms with van der Waals surface area (Å²) in [6.07, 6.45) is 0. The molecule has 3 N–H and O–H groups in total. The second-order valence-corrected chi connectivity index (χ2v) is 9.04. The van der Waals surface area contributed by atoms with Crippen LogP contribution in [0, 0.1) is 6.92 Å². The number of benzene rings is 2. The first-order valence-corrected chi connectivity index (χ1v) is 10.4. The van der Waals surface area contributed by atoms with Crippen molar-refractivity contribution in [1.29, 1.82) is 0 Å². The fourth-order valence-corrected chi connectivity index (χ4v) is 3.58. The Labute approximate surface area is 179 Å². The minimum absolute atomic E-state index is 0.0543. The van der Waals surface area contributed by atoms with Gasteiger partial charge in [0, 0.05) is 55.1 Å². The monoisotopic (exact) mass is 408 g/mol. The lowest BCUT2D eigenvalue weighted by molar-refractivity contribution is 0.0628. The van der Waals surface area contributed by atoms with Crippen LogP contribution in [0.3, 0.4) is 0 Å². The number of piperazine rings is 1. The molecule has 0 bridgehead atoms. The Morgan fingerprint density at radius 1 is 1.00 bits per heavy atom. The Balaban J connectivity index is 1.57. The summed E-state index contributed by atoms with van der Waals surface area (Å²) in [5.74, 6) is -0.00263. The van der Waals surface area contributed by atoms with Gasteiger partial charge < -0.3 is 16.0 Å². The van der Waals surface area contributed by atoms with Crippen molar-refractivity contribution < 1.29 is 9.59 Å². The smallest absolute Gasteiger partial charge is 0.253 e. The van der Waals surface area contributed by atoms with Crippen LogP contribution in [0.5, 0.6) is 0 Å². The first-order chi connectivity index (χ1) is 14.1. The van der Waals surface area contributed by atoms with Crippen LogP contribution in [0.4, 0.5) is 5.69 Å². The number of anilines is 1. The van der Waals surface area contributed by atoms with Gasteiger partial charge in [0.1, 0.15) is 0 Å². The molecule has 0 aliphatic carbocycles. The van der Waals surface area contributed by atoms with Crippen LogP contribution in [0.15, 0.2) is 42.5 Å². The standard InChI is InChI=1S/C24H32N4O2/c1-17-14-20(8-9-21(17)25)23(30)28-12-10-27(11-13-28)16-18-6-5-7-19(15-18)22(29)26-24(2,3)4/h5-9,14-15H,10-13,16,25H2,1-4H3,(H,26,29). The maximum absolute atomic E-state index is 12.8. The van der Waals surface area contributed by atoms with Gasteiger partial charge in [-0.05, 0) is 69.2 Å². The van der Waals surface area contributed by atoms with Gasteiger partial charge >= 0.3 is 0 Å². The van der Waals surface area contributed by atoms with Crippen molar-refractivity contribution in [3.05, 3.63) is 64.7 Å². The van der Waals surface area contributed by atoms with Gasteiger partial charge in [-0.15, -0.1) is 0 Å². The molecule has 0 unspecified atom stereocenters. The molecule has 1 aliphatic heterocycles. The van der Waals surface area contributed by atoms with Crippen molar-refractivity contribution in [1.82, 2.24) is 15.1 Å². The summed E-state index contributed by atoms with van der Waals surface area (Å²) < 4.78 is 0. The van der Waals surface area contributed by atoms with Crippen LogP contribution < -0.4 is 11.1 Å². The van der Waals surface area contributed by atoms with Crippen LogP contribution in [-0.4, -0.2) is 53.3 Å². The zero-order chi connectivity index (χ0) is 21.9. The molecule has 30 heavy (non-hydrogen) atoms. The topological polar surface area (TPSA) is 78.7 Å². The number of nitrogen functional groups attached to an aromatic ring is 1. The first-order valence-electron chi connectivity index (χ1n) is 10.4. The highest BCUT2D eigenvalue weighted by molar-refractivity contribution is 5.95. The molecule has 6 nitrogen and oxygen atoms in total. The van der Waals surface area contributed by atoms with Gasteiger partial charge in [0.15, 0.2) is 0 Å². The highest BCUT2D eigenvalue weighted by atomic mass is 16.2. The number of hydrogen-bond donors (Lipinski definition) is 2. The van der Waals surface area contributed by atoms with Crippen LogP contribution in [0.1, 0.15) is 52.6 Å². The van der Waals surface area contributed by atoms with Crippen molar-refractivity contribution in [2.75, 3.05) is 31.9 Å². The molecule has 0 atom stereocenters. The number of carbonyl (C=O) groups is 2. The average molecular weight is 409 g/mol. The van der Waals surface area contributed by atoms with Gasteiger partial charge in [-0.3, -0.25) is 14.5 Å². The predicted octanol–water partition coefficient (Wildman–Crippen LogP) is 3.06. The molecule has 160 valence electrons. The van der Waals surface area contributed by atoms with Crippen molar-refractivity contribution in [3.8, 4) is 0 Å². The Morgan fingerprint density at radius 3 is 2.33 bits per heavy atom. The van der Waals surface area contributed by atoms with Crippen molar-refractivity contribution in [2.45, 2.75) is 39.8 Å². The van der Waals surface area contributed by atoms with E-state index in [2.05, 4.69) is 10.2 Å². The SMILES string of the molecule is Cc1cc(C(=O)N2CCN(Cc3cccc(C(=O)NC(C)(C)C)c3)CC2)ccc1N. The van der Waals surface area contributed by atoms with Crippen molar-refractivity contribution >= 4 is 17.5 Å². The minimum Gasteiger partial charge on any atom is -0.399 e. The number of rotatable bonds is 4. The summed E-state index contributed by atoms with van der Waals surface area (Å²) in [5.41, 5.74) is 9.69. The van der Waals surface area contributed by atoms with Gasteiger partial charge in [0.2, 0.25) is 0 Å². The number of nitrogens with one attached hydrogen (secondary N) is 1. The largest absolute Gasteiger partial charge is 0.399 e. The highest BCUT2D eigenvalue weighted by Gasteiger charge is 2.23. The molecule has 1 heterocycles. The third kappa shape index (κ3) is 5.60. The van der Waals surface area contributed by atoms with Crippen LogP contribution in [-0.2, 0) is 6.54 Å². The van der Waals surface area contributed by atoms with E-state index >= 15 is 0 Å². The van der Waals surface area contributed by atoms with Gasteiger partial charge in [0.25, 0.3) is 11.8 Å². The van der Waals surface area contributed by atoms with E-state index in [1.54, 1.807) is 12.1 Å². The maximum Gasteiger partial charge on any atom is 0.253 e. The van der Waals surface area contributed by atoms with E-state index < -0.39 is 0 Å². The van der Waals surface area contributed by atoms with Gasteiger partial charge in [-0.1, -0.05) is 12.1 Å². The molecular weight excluding hydrogens is 376 g/mol. The normalized spacial score (nSPS) is 15.1. The van der Waals surface area contributed by atoms with Crippen molar-refractivity contribution in [2.24, 2.45) is 0 Å². The van der Waals surface area contributed by atoms with E-state index in [9.17, 15) is 9.59 Å². The molecule has 1 saturated heterocycles. The molecule has 2 amide bonds. The van der Waals surface area contributed by atoms with E-state index in [1.165, 1.54) is 0 Å². The van der Waals surface area contributed by atoms with E-state index in [0.717, 1.165) is 30.8 Å². The van der Waals surface area contributed by atoms with E-state index in [1.807, 2.05) is 62.9 Å². The fourth-order valence-electron chi connectivity index (χ4n) is 3.58. The van der Waals surface area contributed by atoms with Crippen LogP contribution >= 0.6 is 0 Å². The van der Waals surface area contributed by atoms with Gasteiger partial charge in [-0.2, -0.15) is 0 Å². The third-order valence-corrected chi connectivity index (χ3v) is 5.26. The molecule has 2 aromatic rings. The summed E-state index contributed by atoms with van der Waals surface area (Å²) in [5, 5.41) is 3.00. The maximum atomic E-state index is 12.8. The molecule has 0 spiro atoms. The lowest BCUT2D eigenvalue weighted by Crippen LogP contribution is -2.48. The Bertz CT molecular complexity index is 925. The molecule has 0 radical (unpaired) electrons. The highest BCUT2D eigenvalue weighted by Crippen LogP contribution is 2.17. The zero-order valence-corrected chi connectivity index (χ0v) is 18.4. The summed E-state index contributed by atoms with van der Waals surface area (Å²) in [4.78, 5) is 29.4. The number of carbonyl (C=O) groups excluding carboxylic acids is 2. The Kier molecular flexibility index (Phi) is 6.46. The summed E-state index contributed by atoms with van der Waals surface area (Å²) >= 11 is 0. The first kappa shape index (κ1) is 21.8. The molecule has 3 rings (SSSR count). The van der Waals surface area contributed by atoms with Gasteiger partial charge in [-0.25, -0.2) is 0 Å². The Hall–Kier alpha value is -2.86. The number of nitrogens with two attached hydrogens (primary N) is 1. The predicted molar refractivity (Wildman–Crippen MR) is 120 cm³/mol.